The van der Waals surface area contributed by atoms with Gasteiger partial charge in [0.05, 0.1) is 9.77 Å². The molecule has 0 saturated heterocycles. The highest BCUT2D eigenvalue weighted by atomic mass is 32.2. The van der Waals surface area contributed by atoms with E-state index in [4.69, 9.17) is 0 Å². The van der Waals surface area contributed by atoms with Gasteiger partial charge in [0, 0.05) is 25.5 Å². The van der Waals surface area contributed by atoms with E-state index in [0.29, 0.717) is 11.4 Å². The van der Waals surface area contributed by atoms with Gasteiger partial charge in [-0.25, -0.2) is 8.42 Å². The van der Waals surface area contributed by atoms with Crippen LogP contribution >= 0.6 is 11.3 Å². The number of carbonyl (C=O) groups excluding carboxylic acids is 1. The minimum atomic E-state index is -3.65. The lowest BCUT2D eigenvalue weighted by Crippen LogP contribution is -2.26. The van der Waals surface area contributed by atoms with Gasteiger partial charge in [0.1, 0.15) is 0 Å². The lowest BCUT2D eigenvalue weighted by Gasteiger charge is -2.16. The highest BCUT2D eigenvalue weighted by molar-refractivity contribution is 7.89. The van der Waals surface area contributed by atoms with E-state index in [-0.39, 0.29) is 17.3 Å². The van der Waals surface area contributed by atoms with E-state index in [9.17, 15) is 13.2 Å². The van der Waals surface area contributed by atoms with Crippen molar-refractivity contribution in [3.05, 3.63) is 88.1 Å². The summed E-state index contributed by atoms with van der Waals surface area (Å²) in [6.07, 6.45) is 0. The molecule has 3 aromatic rings. The molecule has 5 nitrogen and oxygen atoms in total. The van der Waals surface area contributed by atoms with Gasteiger partial charge >= 0.3 is 0 Å². The van der Waals surface area contributed by atoms with Gasteiger partial charge in [-0.1, -0.05) is 60.7 Å². The summed E-state index contributed by atoms with van der Waals surface area (Å²) in [7, 11) is -2.12. The Bertz CT molecular complexity index is 1000. The van der Waals surface area contributed by atoms with Crippen LogP contribution in [0.15, 0.2) is 77.0 Å². The number of nitrogens with zero attached hydrogens (tertiary/aromatic N) is 1. The van der Waals surface area contributed by atoms with Crippen molar-refractivity contribution in [2.45, 2.75) is 18.0 Å². The molecular formula is C20H20N2O3S2. The molecule has 0 aliphatic heterocycles. The smallest absolute Gasteiger partial charge is 0.261 e. The fraction of sp³-hybridized carbons (Fsp3) is 0.150. The first kappa shape index (κ1) is 19.3. The minimum absolute atomic E-state index is 0.135. The van der Waals surface area contributed by atoms with Crippen molar-refractivity contribution in [2.75, 3.05) is 7.05 Å². The lowest BCUT2D eigenvalue weighted by atomic mass is 10.2. The summed E-state index contributed by atoms with van der Waals surface area (Å²) in [5.74, 6) is -0.281. The number of hydrogen-bond acceptors (Lipinski definition) is 4. The molecule has 0 aliphatic carbocycles. The van der Waals surface area contributed by atoms with E-state index >= 15 is 0 Å². The molecule has 1 N–H and O–H groups in total. The van der Waals surface area contributed by atoms with Crippen LogP contribution in [0.25, 0.3) is 0 Å². The minimum Gasteiger partial charge on any atom is -0.347 e. The summed E-state index contributed by atoms with van der Waals surface area (Å²) < 4.78 is 26.8. The third kappa shape index (κ3) is 4.82. The zero-order valence-electron chi connectivity index (χ0n) is 14.8. The van der Waals surface area contributed by atoms with Crippen LogP contribution in [0.2, 0.25) is 0 Å². The SMILES string of the molecule is CN(Cc1ccccc1)S(=O)(=O)c1csc(C(=O)NCc2ccccc2)c1. The van der Waals surface area contributed by atoms with Crippen LogP contribution in [0.1, 0.15) is 20.8 Å². The quantitative estimate of drug-likeness (QED) is 0.660. The van der Waals surface area contributed by atoms with Crippen LogP contribution in [0, 0.1) is 0 Å². The number of carbonyl (C=O) groups is 1. The van der Waals surface area contributed by atoms with Crippen molar-refractivity contribution in [1.82, 2.24) is 9.62 Å². The van der Waals surface area contributed by atoms with Crippen molar-refractivity contribution >= 4 is 27.3 Å². The first-order valence-electron chi connectivity index (χ1n) is 8.38. The molecule has 0 spiro atoms. The Kier molecular flexibility index (Phi) is 6.05. The molecule has 3 rings (SSSR count). The van der Waals surface area contributed by atoms with Crippen molar-refractivity contribution in [3.8, 4) is 0 Å². The Balaban J connectivity index is 1.67. The Hall–Kier alpha value is -2.48. The fourth-order valence-corrected chi connectivity index (χ4v) is 4.88. The zero-order valence-corrected chi connectivity index (χ0v) is 16.5. The average molecular weight is 401 g/mol. The maximum atomic E-state index is 12.8. The van der Waals surface area contributed by atoms with Crippen molar-refractivity contribution < 1.29 is 13.2 Å². The molecule has 0 bridgehead atoms. The third-order valence-corrected chi connectivity index (χ3v) is 6.91. The number of amides is 1. The van der Waals surface area contributed by atoms with Crippen LogP contribution in [0.4, 0.5) is 0 Å². The van der Waals surface area contributed by atoms with Crippen LogP contribution < -0.4 is 5.32 Å². The number of sulfonamides is 1. The average Bonchev–Trinajstić information content (AvgIpc) is 3.19. The Morgan fingerprint density at radius 1 is 1.00 bits per heavy atom. The topological polar surface area (TPSA) is 66.5 Å². The molecule has 0 fully saturated rings. The molecule has 27 heavy (non-hydrogen) atoms. The normalized spacial score (nSPS) is 11.5. The summed E-state index contributed by atoms with van der Waals surface area (Å²) in [5.41, 5.74) is 1.89. The Labute approximate surface area is 163 Å². The molecule has 1 aromatic heterocycles. The maximum Gasteiger partial charge on any atom is 0.261 e. The second-order valence-electron chi connectivity index (χ2n) is 6.06. The predicted octanol–water partition coefficient (Wildman–Crippen LogP) is 3.50. The van der Waals surface area contributed by atoms with Crippen molar-refractivity contribution in [2.24, 2.45) is 0 Å². The molecule has 0 radical (unpaired) electrons. The summed E-state index contributed by atoms with van der Waals surface area (Å²) in [6.45, 7) is 0.669. The Morgan fingerprint density at radius 3 is 2.22 bits per heavy atom. The molecule has 1 heterocycles. The van der Waals surface area contributed by atoms with E-state index in [0.717, 1.165) is 22.5 Å². The van der Waals surface area contributed by atoms with Gasteiger partial charge < -0.3 is 5.32 Å². The largest absolute Gasteiger partial charge is 0.347 e. The Morgan fingerprint density at radius 2 is 1.59 bits per heavy atom. The molecule has 0 saturated carbocycles. The number of thiophene rings is 1. The molecule has 140 valence electrons. The van der Waals surface area contributed by atoms with E-state index in [1.807, 2.05) is 60.7 Å². The summed E-state index contributed by atoms with van der Waals surface area (Å²) >= 11 is 1.13. The monoisotopic (exact) mass is 400 g/mol. The highest BCUT2D eigenvalue weighted by Crippen LogP contribution is 2.23. The molecule has 2 aromatic carbocycles. The third-order valence-electron chi connectivity index (χ3n) is 4.05. The van der Waals surface area contributed by atoms with E-state index < -0.39 is 10.0 Å². The number of nitrogens with one attached hydrogen (secondary N) is 1. The van der Waals surface area contributed by atoms with Gasteiger partial charge in [-0.2, -0.15) is 4.31 Å². The maximum absolute atomic E-state index is 12.8. The van der Waals surface area contributed by atoms with Crippen molar-refractivity contribution in [3.63, 3.8) is 0 Å². The molecule has 0 atom stereocenters. The first-order chi connectivity index (χ1) is 13.0. The molecule has 0 unspecified atom stereocenters. The van der Waals surface area contributed by atoms with Crippen LogP contribution in [-0.2, 0) is 23.1 Å². The zero-order chi connectivity index (χ0) is 19.3. The van der Waals surface area contributed by atoms with Gasteiger partial charge in [-0.05, 0) is 17.2 Å². The van der Waals surface area contributed by atoms with Crippen molar-refractivity contribution in [1.29, 1.82) is 0 Å². The van der Waals surface area contributed by atoms with Gasteiger partial charge in [-0.15, -0.1) is 11.3 Å². The number of rotatable bonds is 7. The summed E-state index contributed by atoms with van der Waals surface area (Å²) in [4.78, 5) is 12.8. The number of benzene rings is 2. The molecule has 1 amide bonds. The van der Waals surface area contributed by atoms with Crippen LogP contribution in [0.5, 0.6) is 0 Å². The van der Waals surface area contributed by atoms with Crippen LogP contribution in [-0.4, -0.2) is 25.7 Å². The van der Waals surface area contributed by atoms with E-state index in [2.05, 4.69) is 5.32 Å². The highest BCUT2D eigenvalue weighted by Gasteiger charge is 2.23. The number of hydrogen-bond donors (Lipinski definition) is 1. The van der Waals surface area contributed by atoms with E-state index in [1.165, 1.54) is 22.8 Å². The standard InChI is InChI=1S/C20H20N2O3S2/c1-22(14-17-10-6-3-7-11-17)27(24,25)18-12-19(26-15-18)20(23)21-13-16-8-4-2-5-9-16/h2-12,15H,13-14H2,1H3,(H,21,23). The molecule has 0 aliphatic rings. The molecular weight excluding hydrogens is 380 g/mol. The summed E-state index contributed by atoms with van der Waals surface area (Å²) in [5, 5.41) is 4.32. The van der Waals surface area contributed by atoms with Gasteiger partial charge in [0.15, 0.2) is 0 Å². The summed E-state index contributed by atoms with van der Waals surface area (Å²) in [6, 6.07) is 20.4. The van der Waals surface area contributed by atoms with Gasteiger partial charge in [0.25, 0.3) is 5.91 Å². The predicted molar refractivity (Wildman–Crippen MR) is 107 cm³/mol. The van der Waals surface area contributed by atoms with Gasteiger partial charge in [0.2, 0.25) is 10.0 Å². The second-order valence-corrected chi connectivity index (χ2v) is 9.02. The van der Waals surface area contributed by atoms with E-state index in [1.54, 1.807) is 0 Å². The van der Waals surface area contributed by atoms with Gasteiger partial charge in [-0.3, -0.25) is 4.79 Å². The second kappa shape index (κ2) is 8.47. The lowest BCUT2D eigenvalue weighted by molar-refractivity contribution is 0.0955. The molecule has 7 heteroatoms. The fourth-order valence-electron chi connectivity index (χ4n) is 2.54. The van der Waals surface area contributed by atoms with Crippen LogP contribution in [0.3, 0.4) is 0 Å². The first-order valence-corrected chi connectivity index (χ1v) is 10.7.